The molecule has 1 unspecified atom stereocenters. The molecule has 0 saturated carbocycles. The second kappa shape index (κ2) is 5.38. The van der Waals surface area contributed by atoms with Crippen LogP contribution in [0.4, 0.5) is 0 Å². The van der Waals surface area contributed by atoms with Crippen molar-refractivity contribution in [3.05, 3.63) is 23.8 Å². The van der Waals surface area contributed by atoms with Crippen LogP contribution in [0.15, 0.2) is 18.2 Å². The van der Waals surface area contributed by atoms with Crippen molar-refractivity contribution in [1.29, 1.82) is 0 Å². The van der Waals surface area contributed by atoms with E-state index in [0.717, 1.165) is 5.56 Å². The zero-order chi connectivity index (χ0) is 14.0. The highest BCUT2D eigenvalue weighted by Crippen LogP contribution is 2.32. The van der Waals surface area contributed by atoms with Crippen molar-refractivity contribution in [2.75, 3.05) is 18.6 Å². The van der Waals surface area contributed by atoms with E-state index in [4.69, 9.17) is 15.2 Å². The van der Waals surface area contributed by atoms with Gasteiger partial charge < -0.3 is 15.2 Å². The van der Waals surface area contributed by atoms with E-state index >= 15 is 0 Å². The Morgan fingerprint density at radius 3 is 2.63 bits per heavy atom. The maximum Gasteiger partial charge on any atom is 0.161 e. The van der Waals surface area contributed by atoms with E-state index in [9.17, 15) is 8.42 Å². The Morgan fingerprint density at radius 1 is 1.37 bits per heavy atom. The minimum atomic E-state index is -2.94. The molecule has 1 aromatic carbocycles. The molecule has 1 aromatic rings. The Labute approximate surface area is 113 Å². The van der Waals surface area contributed by atoms with Gasteiger partial charge in [0.1, 0.15) is 6.10 Å². The summed E-state index contributed by atoms with van der Waals surface area (Å²) in [5.41, 5.74) is 6.76. The number of benzene rings is 1. The molecule has 106 valence electrons. The highest BCUT2D eigenvalue weighted by atomic mass is 32.2. The summed E-state index contributed by atoms with van der Waals surface area (Å²) < 4.78 is 33.8. The molecule has 0 aliphatic carbocycles. The van der Waals surface area contributed by atoms with Crippen molar-refractivity contribution in [3.63, 3.8) is 0 Å². The van der Waals surface area contributed by atoms with Gasteiger partial charge in [0.25, 0.3) is 0 Å². The van der Waals surface area contributed by atoms with Crippen LogP contribution in [0.1, 0.15) is 24.9 Å². The number of sulfone groups is 1. The van der Waals surface area contributed by atoms with Crippen LogP contribution in [0.25, 0.3) is 0 Å². The van der Waals surface area contributed by atoms with Crippen molar-refractivity contribution >= 4 is 9.84 Å². The first kappa shape index (κ1) is 14.1. The third kappa shape index (κ3) is 3.39. The standard InChI is InChI=1S/C13H19NO4S/c1-9(14)10-3-4-12(13(7-10)17-2)18-11-5-6-19(15,16)8-11/h3-4,7,9,11H,5-6,8,14H2,1-2H3/t9-,11?/m1/s1. The van der Waals surface area contributed by atoms with Crippen LogP contribution < -0.4 is 15.2 Å². The molecule has 2 atom stereocenters. The lowest BCUT2D eigenvalue weighted by Crippen LogP contribution is -2.18. The summed E-state index contributed by atoms with van der Waals surface area (Å²) in [6.07, 6.45) is 0.237. The molecule has 1 saturated heterocycles. The summed E-state index contributed by atoms with van der Waals surface area (Å²) in [6.45, 7) is 1.89. The Morgan fingerprint density at radius 2 is 2.11 bits per heavy atom. The number of rotatable bonds is 4. The summed E-state index contributed by atoms with van der Waals surface area (Å²) in [5.74, 6) is 1.41. The second-order valence-corrected chi connectivity index (χ2v) is 7.07. The second-order valence-electron chi connectivity index (χ2n) is 4.84. The molecule has 1 aliphatic heterocycles. The van der Waals surface area contributed by atoms with Crippen molar-refractivity contribution in [2.24, 2.45) is 5.73 Å². The van der Waals surface area contributed by atoms with E-state index in [2.05, 4.69) is 0 Å². The van der Waals surface area contributed by atoms with E-state index < -0.39 is 9.84 Å². The largest absolute Gasteiger partial charge is 0.493 e. The van der Waals surface area contributed by atoms with Gasteiger partial charge in [-0.2, -0.15) is 0 Å². The number of methoxy groups -OCH3 is 1. The van der Waals surface area contributed by atoms with Gasteiger partial charge in [-0.3, -0.25) is 0 Å². The van der Waals surface area contributed by atoms with Gasteiger partial charge in [-0.15, -0.1) is 0 Å². The van der Waals surface area contributed by atoms with Gasteiger partial charge >= 0.3 is 0 Å². The van der Waals surface area contributed by atoms with Crippen molar-refractivity contribution in [2.45, 2.75) is 25.5 Å². The normalized spacial score (nSPS) is 23.0. The van der Waals surface area contributed by atoms with Gasteiger partial charge in [0.15, 0.2) is 21.3 Å². The van der Waals surface area contributed by atoms with Crippen molar-refractivity contribution < 1.29 is 17.9 Å². The van der Waals surface area contributed by atoms with Crippen LogP contribution in [0.2, 0.25) is 0 Å². The monoisotopic (exact) mass is 285 g/mol. The fourth-order valence-electron chi connectivity index (χ4n) is 2.10. The van der Waals surface area contributed by atoms with E-state index in [1.165, 1.54) is 0 Å². The molecule has 2 rings (SSSR count). The lowest BCUT2D eigenvalue weighted by molar-refractivity contribution is 0.218. The average Bonchev–Trinajstić information content (AvgIpc) is 2.69. The quantitative estimate of drug-likeness (QED) is 0.901. The fraction of sp³-hybridized carbons (Fsp3) is 0.538. The van der Waals surface area contributed by atoms with Gasteiger partial charge in [-0.1, -0.05) is 6.07 Å². The predicted octanol–water partition coefficient (Wildman–Crippen LogP) is 1.28. The maximum atomic E-state index is 11.4. The summed E-state index contributed by atoms with van der Waals surface area (Å²) in [6, 6.07) is 5.38. The molecule has 0 aromatic heterocycles. The van der Waals surface area contributed by atoms with Crippen LogP contribution in [-0.2, 0) is 9.84 Å². The Hall–Kier alpha value is -1.27. The zero-order valence-electron chi connectivity index (χ0n) is 11.1. The first-order valence-corrected chi connectivity index (χ1v) is 8.04. The number of nitrogens with two attached hydrogens (primary N) is 1. The van der Waals surface area contributed by atoms with Crippen LogP contribution >= 0.6 is 0 Å². The molecular weight excluding hydrogens is 266 g/mol. The molecule has 0 spiro atoms. The smallest absolute Gasteiger partial charge is 0.161 e. The molecular formula is C13H19NO4S. The number of hydrogen-bond donors (Lipinski definition) is 1. The van der Waals surface area contributed by atoms with Gasteiger partial charge in [0, 0.05) is 6.04 Å². The van der Waals surface area contributed by atoms with E-state index in [-0.39, 0.29) is 23.7 Å². The van der Waals surface area contributed by atoms with E-state index in [1.807, 2.05) is 19.1 Å². The lowest BCUT2D eigenvalue weighted by atomic mass is 10.1. The third-order valence-corrected chi connectivity index (χ3v) is 4.94. The Balaban J connectivity index is 2.16. The number of hydrogen-bond acceptors (Lipinski definition) is 5. The summed E-state index contributed by atoms with van der Waals surface area (Å²) in [7, 11) is -1.39. The highest BCUT2D eigenvalue weighted by Gasteiger charge is 2.30. The van der Waals surface area contributed by atoms with Crippen LogP contribution in [0, 0.1) is 0 Å². The van der Waals surface area contributed by atoms with Crippen LogP contribution in [-0.4, -0.2) is 33.1 Å². The topological polar surface area (TPSA) is 78.6 Å². The van der Waals surface area contributed by atoms with Gasteiger partial charge in [-0.05, 0) is 31.0 Å². The molecule has 0 amide bonds. The minimum Gasteiger partial charge on any atom is -0.493 e. The van der Waals surface area contributed by atoms with E-state index in [1.54, 1.807) is 13.2 Å². The lowest BCUT2D eigenvalue weighted by Gasteiger charge is -2.16. The molecule has 0 radical (unpaired) electrons. The van der Waals surface area contributed by atoms with Crippen LogP contribution in [0.5, 0.6) is 11.5 Å². The van der Waals surface area contributed by atoms with Crippen molar-refractivity contribution in [1.82, 2.24) is 0 Å². The Kier molecular flexibility index (Phi) is 4.01. The first-order valence-electron chi connectivity index (χ1n) is 6.22. The van der Waals surface area contributed by atoms with Gasteiger partial charge in [-0.25, -0.2) is 8.42 Å². The Bertz CT molecular complexity index is 554. The van der Waals surface area contributed by atoms with Crippen molar-refractivity contribution in [3.8, 4) is 11.5 Å². The summed E-state index contributed by atoms with van der Waals surface area (Å²) in [4.78, 5) is 0. The molecule has 0 bridgehead atoms. The molecule has 2 N–H and O–H groups in total. The summed E-state index contributed by atoms with van der Waals surface area (Å²) in [5, 5.41) is 0. The SMILES string of the molecule is COc1cc([C@@H](C)N)ccc1OC1CCS(=O)(=O)C1. The van der Waals surface area contributed by atoms with Gasteiger partial charge in [0.05, 0.1) is 18.6 Å². The first-order chi connectivity index (χ1) is 8.91. The molecule has 6 heteroatoms. The van der Waals surface area contributed by atoms with Crippen LogP contribution in [0.3, 0.4) is 0 Å². The molecule has 1 aliphatic rings. The number of ether oxygens (including phenoxy) is 2. The molecule has 5 nitrogen and oxygen atoms in total. The zero-order valence-corrected chi connectivity index (χ0v) is 11.9. The highest BCUT2D eigenvalue weighted by molar-refractivity contribution is 7.91. The summed E-state index contributed by atoms with van der Waals surface area (Å²) >= 11 is 0. The molecule has 1 heterocycles. The molecule has 1 fully saturated rings. The average molecular weight is 285 g/mol. The maximum absolute atomic E-state index is 11.4. The predicted molar refractivity (Wildman–Crippen MR) is 73.3 cm³/mol. The van der Waals surface area contributed by atoms with Gasteiger partial charge in [0.2, 0.25) is 0 Å². The van der Waals surface area contributed by atoms with E-state index in [0.29, 0.717) is 17.9 Å². The molecule has 19 heavy (non-hydrogen) atoms. The fourth-order valence-corrected chi connectivity index (χ4v) is 3.69. The minimum absolute atomic E-state index is 0.0746. The third-order valence-electron chi connectivity index (χ3n) is 3.20.